The Morgan fingerprint density at radius 2 is 0.810 bits per heavy atom. The van der Waals surface area contributed by atoms with Gasteiger partial charge in [0.15, 0.2) is 5.82 Å². The predicted molar refractivity (Wildman–Crippen MR) is 242 cm³/mol. The molecule has 11 rings (SSSR count). The van der Waals surface area contributed by atoms with Crippen LogP contribution in [0, 0.1) is 0 Å². The van der Waals surface area contributed by atoms with Gasteiger partial charge in [-0.3, -0.25) is 0 Å². The normalized spacial score (nSPS) is 14.1. The lowest BCUT2D eigenvalue weighted by molar-refractivity contribution is 0.660. The molecule has 0 spiro atoms. The molecule has 2 aliphatic rings. The highest BCUT2D eigenvalue weighted by molar-refractivity contribution is 5.99. The number of fused-ring (bicyclic) bond motifs is 7. The molecule has 0 amide bonds. The molecule has 0 N–H and O–H groups in total. The largest absolute Gasteiger partial charge is 0.228 e. The van der Waals surface area contributed by atoms with Crippen LogP contribution in [-0.4, -0.2) is 9.97 Å². The van der Waals surface area contributed by atoms with Crippen molar-refractivity contribution in [1.29, 1.82) is 0 Å². The minimum atomic E-state index is -0.106. The summed E-state index contributed by atoms with van der Waals surface area (Å²) >= 11 is 0. The molecule has 0 atom stereocenters. The molecule has 0 aliphatic heterocycles. The van der Waals surface area contributed by atoms with Gasteiger partial charge in [0, 0.05) is 27.5 Å². The fourth-order valence-electron chi connectivity index (χ4n) is 9.83. The lowest BCUT2D eigenvalue weighted by Crippen LogP contribution is -2.14. The fraction of sp³-hybridized carbons (Fsp3) is 0.107. The summed E-state index contributed by atoms with van der Waals surface area (Å²) in [6.07, 6.45) is 0. The van der Waals surface area contributed by atoms with Crippen molar-refractivity contribution < 1.29 is 0 Å². The first-order chi connectivity index (χ1) is 28.3. The standard InChI is InChI=1S/C56H42N2/c1-55(2)46-24-11-10-21-44(46)52-42(22-13-25-47(52)55)35-27-29-36(30-28-35)50-34-51(58-54(57-50)37-15-6-5-7-16-37)41-20-12-19-40(31-41)43-23-14-26-48-53(43)45-32-38-17-8-9-18-39(38)33-49(45)56(48,3)4/h5-34H,1-4H3. The monoisotopic (exact) mass is 742 g/mol. The van der Waals surface area contributed by atoms with Gasteiger partial charge in [0.2, 0.25) is 0 Å². The van der Waals surface area contributed by atoms with Gasteiger partial charge >= 0.3 is 0 Å². The summed E-state index contributed by atoms with van der Waals surface area (Å²) in [5, 5.41) is 2.55. The van der Waals surface area contributed by atoms with E-state index in [-0.39, 0.29) is 10.8 Å². The molecule has 0 saturated carbocycles. The molecule has 58 heavy (non-hydrogen) atoms. The number of aromatic nitrogens is 2. The second-order valence-electron chi connectivity index (χ2n) is 17.0. The van der Waals surface area contributed by atoms with E-state index in [0.29, 0.717) is 5.82 Å². The van der Waals surface area contributed by atoms with E-state index < -0.39 is 0 Å². The average Bonchev–Trinajstić information content (AvgIpc) is 3.65. The van der Waals surface area contributed by atoms with Crippen molar-refractivity contribution in [3.8, 4) is 78.4 Å². The number of hydrogen-bond acceptors (Lipinski definition) is 2. The van der Waals surface area contributed by atoms with E-state index in [1.54, 1.807) is 0 Å². The third kappa shape index (κ3) is 5.25. The van der Waals surface area contributed by atoms with Crippen LogP contribution in [0.4, 0.5) is 0 Å². The Labute approximate surface area is 340 Å². The van der Waals surface area contributed by atoms with E-state index >= 15 is 0 Å². The van der Waals surface area contributed by atoms with Crippen LogP contribution in [0.1, 0.15) is 49.9 Å². The highest BCUT2D eigenvalue weighted by Crippen LogP contribution is 2.54. The summed E-state index contributed by atoms with van der Waals surface area (Å²) < 4.78 is 0. The molecule has 1 aromatic heterocycles. The Morgan fingerprint density at radius 3 is 1.55 bits per heavy atom. The summed E-state index contributed by atoms with van der Waals surface area (Å²) in [6.45, 7) is 9.40. The maximum atomic E-state index is 5.23. The molecule has 276 valence electrons. The van der Waals surface area contributed by atoms with Crippen molar-refractivity contribution in [2.24, 2.45) is 0 Å². The van der Waals surface area contributed by atoms with Crippen molar-refractivity contribution in [2.45, 2.75) is 38.5 Å². The number of nitrogens with zero attached hydrogens (tertiary/aromatic N) is 2. The second kappa shape index (κ2) is 12.8. The van der Waals surface area contributed by atoms with Gasteiger partial charge in [-0.05, 0) is 102 Å². The lowest BCUT2D eigenvalue weighted by Gasteiger charge is -2.22. The molecular formula is C56H42N2. The van der Waals surface area contributed by atoms with Crippen LogP contribution in [0.2, 0.25) is 0 Å². The van der Waals surface area contributed by atoms with Crippen LogP contribution in [0.5, 0.6) is 0 Å². The summed E-state index contributed by atoms with van der Waals surface area (Å²) in [5.74, 6) is 0.713. The topological polar surface area (TPSA) is 25.8 Å². The van der Waals surface area contributed by atoms with Crippen molar-refractivity contribution in [3.05, 3.63) is 204 Å². The fourth-order valence-corrected chi connectivity index (χ4v) is 9.83. The van der Waals surface area contributed by atoms with Crippen molar-refractivity contribution in [3.63, 3.8) is 0 Å². The zero-order valence-corrected chi connectivity index (χ0v) is 33.2. The molecule has 2 aliphatic carbocycles. The van der Waals surface area contributed by atoms with E-state index in [0.717, 1.165) is 28.1 Å². The third-order valence-electron chi connectivity index (χ3n) is 12.9. The highest BCUT2D eigenvalue weighted by Gasteiger charge is 2.38. The van der Waals surface area contributed by atoms with E-state index in [1.165, 1.54) is 77.5 Å². The zero-order chi connectivity index (χ0) is 39.2. The van der Waals surface area contributed by atoms with Gasteiger partial charge in [0.25, 0.3) is 0 Å². The van der Waals surface area contributed by atoms with Gasteiger partial charge in [-0.2, -0.15) is 0 Å². The van der Waals surface area contributed by atoms with Gasteiger partial charge < -0.3 is 0 Å². The first-order valence-electron chi connectivity index (χ1n) is 20.3. The first kappa shape index (κ1) is 34.4. The Morgan fingerprint density at radius 1 is 0.310 bits per heavy atom. The van der Waals surface area contributed by atoms with Crippen LogP contribution < -0.4 is 0 Å². The van der Waals surface area contributed by atoms with Crippen molar-refractivity contribution in [2.75, 3.05) is 0 Å². The van der Waals surface area contributed by atoms with Crippen molar-refractivity contribution >= 4 is 10.8 Å². The molecule has 9 aromatic rings. The molecule has 0 fully saturated rings. The van der Waals surface area contributed by atoms with Crippen LogP contribution in [0.25, 0.3) is 89.2 Å². The third-order valence-corrected chi connectivity index (χ3v) is 12.9. The van der Waals surface area contributed by atoms with E-state index in [9.17, 15) is 0 Å². The molecule has 0 radical (unpaired) electrons. The van der Waals surface area contributed by atoms with E-state index in [1.807, 2.05) is 6.07 Å². The molecule has 0 saturated heterocycles. The van der Waals surface area contributed by atoms with Crippen LogP contribution in [-0.2, 0) is 10.8 Å². The number of rotatable bonds is 5. The van der Waals surface area contributed by atoms with E-state index in [4.69, 9.17) is 9.97 Å². The molecule has 0 unspecified atom stereocenters. The summed E-state index contributed by atoms with van der Waals surface area (Å²) in [5.41, 5.74) is 20.5. The van der Waals surface area contributed by atoms with Gasteiger partial charge in [-0.1, -0.05) is 185 Å². The molecule has 1 heterocycles. The first-order valence-corrected chi connectivity index (χ1v) is 20.3. The Bertz CT molecular complexity index is 3100. The maximum absolute atomic E-state index is 5.23. The Kier molecular flexibility index (Phi) is 7.59. The quantitative estimate of drug-likeness (QED) is 0.175. The van der Waals surface area contributed by atoms with Gasteiger partial charge in [0.1, 0.15) is 0 Å². The summed E-state index contributed by atoms with van der Waals surface area (Å²) in [4.78, 5) is 10.4. The summed E-state index contributed by atoms with van der Waals surface area (Å²) in [6, 6.07) is 66.3. The predicted octanol–water partition coefficient (Wildman–Crippen LogP) is 14.6. The number of benzene rings is 8. The minimum Gasteiger partial charge on any atom is -0.228 e. The van der Waals surface area contributed by atoms with E-state index in [2.05, 4.69) is 204 Å². The minimum absolute atomic E-state index is 0.0408. The van der Waals surface area contributed by atoms with Crippen LogP contribution in [0.15, 0.2) is 182 Å². The van der Waals surface area contributed by atoms with Crippen LogP contribution in [0.3, 0.4) is 0 Å². The molecule has 0 bridgehead atoms. The van der Waals surface area contributed by atoms with Gasteiger partial charge in [0.05, 0.1) is 11.4 Å². The molecule has 2 heteroatoms. The van der Waals surface area contributed by atoms with Gasteiger partial charge in [-0.25, -0.2) is 9.97 Å². The SMILES string of the molecule is CC1(C)c2ccccc2-c2c(-c3ccc(-c4cc(-c5cccc(-c6cccc7c6-c6cc8ccccc8cc6C7(C)C)c5)nc(-c5ccccc5)n4)cc3)cccc21. The molecule has 2 nitrogen and oxygen atoms in total. The molecular weight excluding hydrogens is 701 g/mol. The van der Waals surface area contributed by atoms with Crippen molar-refractivity contribution in [1.82, 2.24) is 9.97 Å². The molecule has 8 aromatic carbocycles. The van der Waals surface area contributed by atoms with Gasteiger partial charge in [-0.15, -0.1) is 0 Å². The van der Waals surface area contributed by atoms with Crippen LogP contribution >= 0.6 is 0 Å². The highest BCUT2D eigenvalue weighted by atomic mass is 14.9. The smallest absolute Gasteiger partial charge is 0.160 e. The maximum Gasteiger partial charge on any atom is 0.160 e. The lowest BCUT2D eigenvalue weighted by atomic mass is 9.81. The summed E-state index contributed by atoms with van der Waals surface area (Å²) in [7, 11) is 0. The zero-order valence-electron chi connectivity index (χ0n) is 33.2. The Hall–Kier alpha value is -6.90. The Balaban J connectivity index is 1.02. The number of hydrogen-bond donors (Lipinski definition) is 0. The second-order valence-corrected chi connectivity index (χ2v) is 17.0. The average molecular weight is 743 g/mol.